The van der Waals surface area contributed by atoms with Gasteiger partial charge in [0.2, 0.25) is 0 Å². The summed E-state index contributed by atoms with van der Waals surface area (Å²) in [5.41, 5.74) is 0.568. The Bertz CT molecular complexity index is 502. The van der Waals surface area contributed by atoms with E-state index in [9.17, 15) is 9.18 Å². The molecule has 1 saturated carbocycles. The Morgan fingerprint density at radius 3 is 2.52 bits per heavy atom. The number of methoxy groups -OCH3 is 1. The smallest absolute Gasteiger partial charge is 0.165 e. The van der Waals surface area contributed by atoms with Crippen LogP contribution in [-0.4, -0.2) is 12.9 Å². The lowest BCUT2D eigenvalue weighted by Crippen LogP contribution is -2.31. The third kappa shape index (κ3) is 3.63. The van der Waals surface area contributed by atoms with Crippen LogP contribution in [0, 0.1) is 17.2 Å². The van der Waals surface area contributed by atoms with Crippen LogP contribution in [0.25, 0.3) is 0 Å². The summed E-state index contributed by atoms with van der Waals surface area (Å²) in [5, 5.41) is 0. The molecule has 1 fully saturated rings. The summed E-state index contributed by atoms with van der Waals surface area (Å²) in [6.45, 7) is 4.33. The van der Waals surface area contributed by atoms with E-state index in [0.717, 1.165) is 37.7 Å². The average molecular weight is 292 g/mol. The Balaban J connectivity index is 2.13. The minimum absolute atomic E-state index is 0.176. The van der Waals surface area contributed by atoms with E-state index in [2.05, 4.69) is 13.8 Å². The summed E-state index contributed by atoms with van der Waals surface area (Å²) in [4.78, 5) is 12.8. The first-order valence-corrected chi connectivity index (χ1v) is 7.82. The molecule has 3 heteroatoms. The number of ketones is 1. The number of hydrogen-bond acceptors (Lipinski definition) is 2. The topological polar surface area (TPSA) is 26.3 Å². The number of carbonyl (C=O) groups excluding carboxylic acids is 1. The zero-order valence-corrected chi connectivity index (χ0v) is 13.2. The third-order valence-corrected chi connectivity index (χ3v) is 4.53. The van der Waals surface area contributed by atoms with Crippen molar-refractivity contribution in [1.82, 2.24) is 0 Å². The van der Waals surface area contributed by atoms with E-state index in [4.69, 9.17) is 4.74 Å². The van der Waals surface area contributed by atoms with Crippen LogP contribution in [0.2, 0.25) is 0 Å². The van der Waals surface area contributed by atoms with Gasteiger partial charge in [-0.25, -0.2) is 4.39 Å². The van der Waals surface area contributed by atoms with E-state index in [-0.39, 0.29) is 16.9 Å². The van der Waals surface area contributed by atoms with E-state index in [1.807, 2.05) is 0 Å². The second-order valence-electron chi connectivity index (χ2n) is 6.65. The fraction of sp³-hybridized carbons (Fsp3) is 0.611. The molecule has 0 aliphatic heterocycles. The Kier molecular flexibility index (Phi) is 5.02. The summed E-state index contributed by atoms with van der Waals surface area (Å²) in [6.07, 6.45) is 5.52. The van der Waals surface area contributed by atoms with Crippen molar-refractivity contribution in [3.63, 3.8) is 0 Å². The molecule has 2 nitrogen and oxygen atoms in total. The van der Waals surface area contributed by atoms with Crippen LogP contribution in [0.5, 0.6) is 5.75 Å². The lowest BCUT2D eigenvalue weighted by atomic mass is 9.73. The molecule has 0 heterocycles. The van der Waals surface area contributed by atoms with Gasteiger partial charge < -0.3 is 4.74 Å². The fourth-order valence-corrected chi connectivity index (χ4v) is 3.62. The van der Waals surface area contributed by atoms with E-state index < -0.39 is 5.82 Å². The molecule has 2 rings (SSSR count). The monoisotopic (exact) mass is 292 g/mol. The number of rotatable bonds is 6. The SMILES string of the molecule is COc1ccc(CC(=O)C2(CC(C)C)CCCC2)cc1F. The van der Waals surface area contributed by atoms with Gasteiger partial charge in [-0.05, 0) is 42.9 Å². The Labute approximate surface area is 126 Å². The molecule has 0 amide bonds. The molecule has 1 aromatic carbocycles. The van der Waals surface area contributed by atoms with Crippen LogP contribution in [0.1, 0.15) is 51.5 Å². The van der Waals surface area contributed by atoms with Crippen LogP contribution in [-0.2, 0) is 11.2 Å². The Hall–Kier alpha value is -1.38. The number of ether oxygens (including phenoxy) is 1. The lowest BCUT2D eigenvalue weighted by molar-refractivity contribution is -0.128. The molecule has 1 aliphatic rings. The highest BCUT2D eigenvalue weighted by Gasteiger charge is 2.40. The molecule has 0 bridgehead atoms. The van der Waals surface area contributed by atoms with Crippen molar-refractivity contribution in [2.45, 2.75) is 52.4 Å². The zero-order valence-electron chi connectivity index (χ0n) is 13.2. The predicted octanol–water partition coefficient (Wildman–Crippen LogP) is 4.55. The molecule has 1 aliphatic carbocycles. The third-order valence-electron chi connectivity index (χ3n) is 4.53. The quantitative estimate of drug-likeness (QED) is 0.768. The average Bonchev–Trinajstić information content (AvgIpc) is 2.88. The maximum Gasteiger partial charge on any atom is 0.165 e. The Morgan fingerprint density at radius 2 is 2.00 bits per heavy atom. The highest BCUT2D eigenvalue weighted by Crippen LogP contribution is 2.44. The molecular weight excluding hydrogens is 267 g/mol. The lowest BCUT2D eigenvalue weighted by Gasteiger charge is -2.29. The van der Waals surface area contributed by atoms with Gasteiger partial charge in [-0.1, -0.05) is 32.8 Å². The van der Waals surface area contributed by atoms with Crippen molar-refractivity contribution in [1.29, 1.82) is 0 Å². The summed E-state index contributed by atoms with van der Waals surface area (Å²) in [7, 11) is 1.44. The van der Waals surface area contributed by atoms with Gasteiger partial charge >= 0.3 is 0 Å². The van der Waals surface area contributed by atoms with Crippen molar-refractivity contribution >= 4 is 5.78 Å². The first kappa shape index (κ1) is 16.0. The summed E-state index contributed by atoms with van der Waals surface area (Å²) in [6, 6.07) is 4.81. The zero-order chi connectivity index (χ0) is 15.5. The van der Waals surface area contributed by atoms with Crippen molar-refractivity contribution in [3.8, 4) is 5.75 Å². The summed E-state index contributed by atoms with van der Waals surface area (Å²) >= 11 is 0. The van der Waals surface area contributed by atoms with Crippen LogP contribution >= 0.6 is 0 Å². The van der Waals surface area contributed by atoms with Crippen LogP contribution < -0.4 is 4.74 Å². The van der Waals surface area contributed by atoms with Crippen LogP contribution in [0.4, 0.5) is 4.39 Å². The fourth-order valence-electron chi connectivity index (χ4n) is 3.62. The van der Waals surface area contributed by atoms with Crippen LogP contribution in [0.15, 0.2) is 18.2 Å². The maximum atomic E-state index is 13.7. The summed E-state index contributed by atoms with van der Waals surface area (Å²) < 4.78 is 18.7. The van der Waals surface area contributed by atoms with Gasteiger partial charge in [0.25, 0.3) is 0 Å². The van der Waals surface area contributed by atoms with Gasteiger partial charge in [0.15, 0.2) is 11.6 Å². The van der Waals surface area contributed by atoms with Crippen molar-refractivity contribution < 1.29 is 13.9 Å². The second-order valence-corrected chi connectivity index (χ2v) is 6.65. The minimum Gasteiger partial charge on any atom is -0.494 e. The first-order valence-electron chi connectivity index (χ1n) is 7.82. The van der Waals surface area contributed by atoms with E-state index >= 15 is 0 Å². The van der Waals surface area contributed by atoms with E-state index in [1.165, 1.54) is 13.2 Å². The highest BCUT2D eigenvalue weighted by atomic mass is 19.1. The molecule has 1 aromatic rings. The number of Topliss-reactive ketones (excluding diaryl/α,β-unsaturated/α-hetero) is 1. The van der Waals surface area contributed by atoms with Gasteiger partial charge in [0.1, 0.15) is 5.78 Å². The van der Waals surface area contributed by atoms with Gasteiger partial charge in [0, 0.05) is 11.8 Å². The van der Waals surface area contributed by atoms with E-state index in [1.54, 1.807) is 12.1 Å². The molecule has 0 saturated heterocycles. The molecule has 0 aromatic heterocycles. The second kappa shape index (κ2) is 6.59. The molecule has 0 atom stereocenters. The first-order chi connectivity index (χ1) is 9.97. The molecule has 21 heavy (non-hydrogen) atoms. The molecular formula is C18H25FO2. The molecule has 0 spiro atoms. The van der Waals surface area contributed by atoms with Gasteiger partial charge in [-0.2, -0.15) is 0 Å². The van der Waals surface area contributed by atoms with Crippen molar-refractivity contribution in [3.05, 3.63) is 29.6 Å². The maximum absolute atomic E-state index is 13.7. The van der Waals surface area contributed by atoms with E-state index in [0.29, 0.717) is 12.3 Å². The standard InChI is InChI=1S/C18H25FO2/c1-13(2)12-18(8-4-5-9-18)17(20)11-14-6-7-16(21-3)15(19)10-14/h6-7,10,13H,4-5,8-9,11-12H2,1-3H3. The number of hydrogen-bond donors (Lipinski definition) is 0. The number of benzene rings is 1. The highest BCUT2D eigenvalue weighted by molar-refractivity contribution is 5.87. The van der Waals surface area contributed by atoms with Gasteiger partial charge in [-0.3, -0.25) is 4.79 Å². The number of carbonyl (C=O) groups is 1. The van der Waals surface area contributed by atoms with Crippen molar-refractivity contribution in [2.75, 3.05) is 7.11 Å². The van der Waals surface area contributed by atoms with Gasteiger partial charge in [-0.15, -0.1) is 0 Å². The van der Waals surface area contributed by atoms with Crippen molar-refractivity contribution in [2.24, 2.45) is 11.3 Å². The summed E-state index contributed by atoms with van der Waals surface area (Å²) in [5.74, 6) is 0.619. The largest absolute Gasteiger partial charge is 0.494 e. The predicted molar refractivity (Wildman–Crippen MR) is 82.0 cm³/mol. The molecule has 0 radical (unpaired) electrons. The molecule has 0 unspecified atom stereocenters. The normalized spacial score (nSPS) is 17.2. The Morgan fingerprint density at radius 1 is 1.33 bits per heavy atom. The number of halogens is 1. The van der Waals surface area contributed by atoms with Gasteiger partial charge in [0.05, 0.1) is 7.11 Å². The molecule has 116 valence electrons. The molecule has 0 N–H and O–H groups in total. The van der Waals surface area contributed by atoms with Crippen LogP contribution in [0.3, 0.4) is 0 Å². The minimum atomic E-state index is -0.396.